The largest absolute Gasteiger partial charge is 1.00 e. The zero-order valence-electron chi connectivity index (χ0n) is 65.5. The third kappa shape index (κ3) is 472. The van der Waals surface area contributed by atoms with E-state index in [0.717, 1.165) is 52.0 Å². The van der Waals surface area contributed by atoms with Gasteiger partial charge in [0.05, 0.1) is 21.3 Å². The summed E-state index contributed by atoms with van der Waals surface area (Å²) in [5.41, 5.74) is 8.90. The first-order chi connectivity index (χ1) is 51.4. The van der Waals surface area contributed by atoms with E-state index in [1.54, 1.807) is 14.1 Å². The molecule has 0 spiro atoms. The predicted octanol–water partition coefficient (Wildman–Crippen LogP) is 22.9. The Morgan fingerprint density at radius 1 is 0.585 bits per heavy atom. The number of carboxylic acid groups (broad SMARTS) is 1. The smallest absolute Gasteiger partial charge is 0.724 e. The normalized spacial score (nSPS) is 8.58. The number of aliphatic hydroxyl groups is 2. The number of hydrogen-bond acceptors (Lipinski definition) is 27. The molecule has 0 saturated carbocycles. The molecular weight excluding hydrogens is 3030 g/mol. The zero-order chi connectivity index (χ0) is 97.5. The van der Waals surface area contributed by atoms with Crippen molar-refractivity contribution in [2.45, 2.75) is 97.4 Å². The number of methoxy groups -OCH3 is 3. The number of carbonyl (C=O) groups is 14. The van der Waals surface area contributed by atoms with Crippen LogP contribution in [0.2, 0.25) is 0 Å². The number of aliphatic imine (C=N–C) groups is 1. The molecule has 23 atom stereocenters. The summed E-state index contributed by atoms with van der Waals surface area (Å²) in [7, 11) is 65.9. The van der Waals surface area contributed by atoms with Gasteiger partial charge < -0.3 is 67.0 Å². The maximum Gasteiger partial charge on any atom is 1.00 e. The van der Waals surface area contributed by atoms with Crippen molar-refractivity contribution in [3.05, 3.63) is 5.41 Å². The number of aliphatic carboxylic acids is 1. The first-order valence-corrected chi connectivity index (χ1v) is 98.0. The summed E-state index contributed by atoms with van der Waals surface area (Å²) in [5.74, 6) is -3.64. The molecule has 0 aliphatic heterocycles. The second kappa shape index (κ2) is 196. The Kier molecular flexibility index (Phi) is 346. The van der Waals surface area contributed by atoms with Gasteiger partial charge in [0.15, 0.2) is 0 Å². The second-order valence-corrected chi connectivity index (χ2v) is 140. The molecule has 2 radical (unpaired) electrons. The van der Waals surface area contributed by atoms with Crippen LogP contribution < -0.4 is 28.3 Å². The van der Waals surface area contributed by atoms with Gasteiger partial charge in [0.25, 0.3) is 11.9 Å². The fourth-order valence-electron chi connectivity index (χ4n) is 0.999. The van der Waals surface area contributed by atoms with E-state index in [9.17, 15) is 57.5 Å². The first kappa shape index (κ1) is 208. The Labute approximate surface area is 899 Å². The number of nitrogens with one attached hydrogen (secondary N) is 2. The van der Waals surface area contributed by atoms with E-state index in [0.29, 0.717) is 19.2 Å². The molecule has 0 aromatic carbocycles. The van der Waals surface area contributed by atoms with Gasteiger partial charge in [-0.15, -0.1) is 129 Å². The van der Waals surface area contributed by atoms with Crippen LogP contribution in [-0.4, -0.2) is 171 Å². The maximum atomic E-state index is 10.5. The molecule has 722 valence electrons. The summed E-state index contributed by atoms with van der Waals surface area (Å²) in [6.45, 7) is 21.5. The second-order valence-electron chi connectivity index (χ2n) is 13.0. The monoisotopic (exact) mass is 3150 g/mol. The van der Waals surface area contributed by atoms with Crippen molar-refractivity contribution in [3.8, 4) is 0 Å². The van der Waals surface area contributed by atoms with Crippen molar-refractivity contribution in [3.63, 3.8) is 0 Å². The van der Waals surface area contributed by atoms with Crippen molar-refractivity contribution in [1.29, 1.82) is 0 Å². The van der Waals surface area contributed by atoms with E-state index in [2.05, 4.69) is 371 Å². The Morgan fingerprint density at radius 2 is 0.805 bits per heavy atom. The van der Waals surface area contributed by atoms with Crippen molar-refractivity contribution < 1.29 is 133 Å². The number of halogens is 8. The summed E-state index contributed by atoms with van der Waals surface area (Å²) in [4.78, 5) is 157. The number of rotatable bonds is 8. The molecule has 23 unspecified atom stereocenters. The number of carboxylic acids is 1. The topological polar surface area (TPSA) is 520 Å². The number of nitrogens with zero attached hydrogens (tertiary/aromatic N) is 3. The SMILES string of the molecule is C.CC.CC(=O)Cl.CC(=O)N=C=O.CC(=O)NC(=O)N(C)C.CC(=O)O.CC(=O)OC(C)=O.CC(C)=O.CC(N)=O.CO.CO.COC(=O)NC(C)=O.COC(C)=O.COC(N)=O.N.O=C(Cl)Cl.PI.PP(P)P(I)P(P)P.PP(P)P(P)I.PPP(I)P(P)P.PPP(P)I.S.S.S=S=S.S=S=S=S=S=S.[Ag+].[B]PP(P)P(P)P.[N-]=C=O. The number of isocyanates is 2. The van der Waals surface area contributed by atoms with Crippen LogP contribution in [0, 0.1) is 0 Å². The average molecular weight is 3150 g/mol. The Hall–Kier alpha value is 12.5. The van der Waals surface area contributed by atoms with E-state index in [1.807, 2.05) is 19.2 Å². The number of amides is 8. The predicted molar refractivity (Wildman–Crippen MR) is 674 cm³/mol. The number of imide groups is 2. The molecule has 12 N–H and O–H groups in total. The quantitative estimate of drug-likeness (QED) is 0.0129. The molecule has 0 saturated heterocycles. The zero-order valence-corrected chi connectivity index (χ0v) is 120. The van der Waals surface area contributed by atoms with E-state index in [-0.39, 0.29) is 155 Å². The molecule has 0 aliphatic carbocycles. The molecule has 0 bridgehead atoms. The summed E-state index contributed by atoms with van der Waals surface area (Å²) in [6.07, 6.45) is 0.123. The molecule has 0 aromatic heterocycles. The van der Waals surface area contributed by atoms with Gasteiger partial charge in [-0.05, 0) is 185 Å². The number of primary amides is 2. The van der Waals surface area contributed by atoms with Gasteiger partial charge in [-0.3, -0.25) is 63.4 Å². The number of nitrogens with two attached hydrogens (primary N) is 2. The Morgan fingerprint density at radius 3 is 0.831 bits per heavy atom. The Bertz CT molecular complexity index is 2450. The number of carbonyl (C=O) groups excluding carboxylic acids is 15. The molecule has 31 nitrogen and oxygen atoms in total. The molecule has 0 fully saturated rings. The number of alkyl carbamates (subject to hydrolysis) is 1. The molecular formula is C37H115AgBCl3I5N8O23P29S11. The van der Waals surface area contributed by atoms with Gasteiger partial charge in [-0.2, -0.15) is 27.0 Å². The van der Waals surface area contributed by atoms with Gasteiger partial charge >= 0.3 is 63.2 Å². The van der Waals surface area contributed by atoms with Gasteiger partial charge in [0.1, 0.15) is 13.3 Å². The minimum atomic E-state index is -0.889. The minimum Gasteiger partial charge on any atom is -0.724 e. The van der Waals surface area contributed by atoms with Gasteiger partial charge in [0, 0.05) is 200 Å². The Balaban J connectivity index is -0.0000000278. The van der Waals surface area contributed by atoms with Gasteiger partial charge in [-0.1, -0.05) is 84.0 Å². The van der Waals surface area contributed by atoms with E-state index in [1.165, 1.54) is 131 Å². The summed E-state index contributed by atoms with van der Waals surface area (Å²) in [5, 5.41) is 31.8. The summed E-state index contributed by atoms with van der Waals surface area (Å²) in [6, 6.07) is -0.387. The third-order valence-electron chi connectivity index (χ3n) is 3.63. The molecule has 81 heteroatoms. The maximum absolute atomic E-state index is 10.5. The number of aliphatic hydroxyl groups excluding tert-OH is 2. The molecule has 8 amide bonds. The van der Waals surface area contributed by atoms with Crippen molar-refractivity contribution in [1.82, 2.24) is 21.7 Å². The number of hydrogen-bond donors (Lipinski definition) is 8. The number of ketones is 1. The standard InChI is InChI=1S/C5H10N2O2.C4H7NO3.C4H6O3.C3H3NO2.C3H6O2.C3H6O.C2H3ClO.C2H5NO2.C2H5NO.C2H4O2.C2H6.CCl2O.CNO.2CH4O.CH4.Ag.BH7P6.H8IP7.H7IP6.H6IP5.H5IP4.H2IP.H3N.S6.S3.2H2S/c1-4(8)6-5(9)7(2)3;1-3(6)5-4(7)8-2;1-3(5)7-4(2)6;1-3(6)4-2-5;1-3(4)5-2;1-3(2)4;1-2(3)4;1-5-2(3)4;2*1-2(3)4;1-2;2-1(3)4;2-1-3;2*1-2;;;1-5-7(4)6(2)3;1-6(7(2)3)8(4)5;1-6(5-2)7(3)4;1-5(2)6(3)4;1-5(3)4-2;1-2;;1-3-5-6-4-2;1-3-2;;/h1-3H3,(H,6,8,9);1-2H3,(H,5,6,7);1-2H3;1H3;1-2H3;1-2H3;1H3;1H3,(H2,3,4);1H3,(H2,3,4);1H3,(H,3,4);1-2H3;;;2*2H,1H3;1H4;;5H,2-4H2;2-5H2;5H,2-4H2;2-4H2;4H,2-3H2;2H2;1H3;;;2*1H2/q;;;;;;;;;;;;-1;;;;+1;;;;;;;;;;;. The average Bonchev–Trinajstić information content (AvgIpc) is 0.991. The van der Waals surface area contributed by atoms with Crippen LogP contribution in [0.4, 0.5) is 19.2 Å². The third-order valence-corrected chi connectivity index (χ3v) is 161. The van der Waals surface area contributed by atoms with Crippen LogP contribution in [-0.2, 0) is 188 Å². The fourth-order valence-corrected chi connectivity index (χ4v) is 56.8. The van der Waals surface area contributed by atoms with Crippen LogP contribution >= 0.6 is 399 Å². The molecule has 0 heterocycles. The van der Waals surface area contributed by atoms with E-state index < -0.39 is 46.6 Å². The van der Waals surface area contributed by atoms with Crippen LogP contribution in [0.1, 0.15) is 97.4 Å². The number of esters is 3. The summed E-state index contributed by atoms with van der Waals surface area (Å²) < 4.78 is 15.2. The minimum absolute atomic E-state index is 0. The van der Waals surface area contributed by atoms with Gasteiger partial charge in [0.2, 0.25) is 29.0 Å². The first-order valence-electron chi connectivity index (χ1n) is 25.0. The fraction of sp³-hybridized carbons (Fsp3) is 0.568. The molecule has 0 rings (SSSR count). The van der Waals surface area contributed by atoms with E-state index >= 15 is 0 Å². The van der Waals surface area contributed by atoms with Crippen LogP contribution in [0.15, 0.2) is 4.99 Å². The van der Waals surface area contributed by atoms with Crippen molar-refractivity contribution >= 4 is 589 Å². The van der Waals surface area contributed by atoms with Crippen LogP contribution in [0.25, 0.3) is 5.41 Å². The van der Waals surface area contributed by atoms with E-state index in [4.69, 9.17) is 47.5 Å². The number of urea groups is 1. The van der Waals surface area contributed by atoms with Crippen LogP contribution in [0.5, 0.6) is 0 Å². The van der Waals surface area contributed by atoms with Gasteiger partial charge in [-0.25, -0.2) is 19.2 Å². The molecule has 0 aliphatic rings. The number of ether oxygens (including phenoxy) is 4. The summed E-state index contributed by atoms with van der Waals surface area (Å²) >= 11 is 42.8. The molecule has 118 heavy (non-hydrogen) atoms. The van der Waals surface area contributed by atoms with Crippen molar-refractivity contribution in [2.24, 2.45) is 16.5 Å². The van der Waals surface area contributed by atoms with Crippen LogP contribution in [0.3, 0.4) is 0 Å². The van der Waals surface area contributed by atoms with Crippen molar-refractivity contribution in [2.75, 3.05) is 49.6 Å². The number of Topliss-reactive ketones (excluding diaryl/α,β-unsaturated/α-hetero) is 1. The molecule has 0 aromatic rings.